The van der Waals surface area contributed by atoms with Gasteiger partial charge in [-0.2, -0.15) is 5.10 Å². The van der Waals surface area contributed by atoms with Crippen molar-refractivity contribution in [3.05, 3.63) is 70.1 Å². The Hall–Kier alpha value is -3.92. The average Bonchev–Trinajstić information content (AvgIpc) is 3.18. The minimum Gasteiger partial charge on any atom is -0.326 e. The third kappa shape index (κ3) is 4.48. The Morgan fingerprint density at radius 2 is 1.97 bits per heavy atom. The highest BCUT2D eigenvalue weighted by molar-refractivity contribution is 7.14. The maximum absolute atomic E-state index is 14.4. The van der Waals surface area contributed by atoms with Crippen molar-refractivity contribution in [1.82, 2.24) is 14.8 Å². The molecule has 2 N–H and O–H groups in total. The van der Waals surface area contributed by atoms with Crippen molar-refractivity contribution < 1.29 is 14.0 Å². The molecule has 8 nitrogen and oxygen atoms in total. The normalized spacial score (nSPS) is 10.8. The van der Waals surface area contributed by atoms with Crippen LogP contribution in [0.5, 0.6) is 0 Å². The van der Waals surface area contributed by atoms with Gasteiger partial charge in [0.2, 0.25) is 17.2 Å². The second kappa shape index (κ2) is 8.44. The van der Waals surface area contributed by atoms with Crippen LogP contribution in [0.1, 0.15) is 6.92 Å². The molecule has 2 aromatic carbocycles. The van der Waals surface area contributed by atoms with Gasteiger partial charge in [-0.15, -0.1) is 11.3 Å². The summed E-state index contributed by atoms with van der Waals surface area (Å²) >= 11 is 1.15. The lowest BCUT2D eigenvalue weighted by atomic mass is 10.1. The second-order valence-electron chi connectivity index (χ2n) is 6.65. The molecule has 0 aliphatic rings. The lowest BCUT2D eigenvalue weighted by molar-refractivity contribution is -0.117. The van der Waals surface area contributed by atoms with Gasteiger partial charge in [0.15, 0.2) is 5.13 Å². The van der Waals surface area contributed by atoms with Crippen LogP contribution in [0.4, 0.5) is 15.2 Å². The number of nitrogens with one attached hydrogen (secondary N) is 2. The number of fused-ring (bicyclic) bond motifs is 1. The van der Waals surface area contributed by atoms with Gasteiger partial charge in [-0.05, 0) is 30.3 Å². The molecule has 156 valence electrons. The molecule has 0 fully saturated rings. The fraction of sp³-hybridized carbons (Fsp3) is 0.0952. The Morgan fingerprint density at radius 3 is 2.74 bits per heavy atom. The van der Waals surface area contributed by atoms with Gasteiger partial charge in [0.1, 0.15) is 12.4 Å². The molecule has 0 saturated carbocycles. The van der Waals surface area contributed by atoms with Crippen LogP contribution in [0.15, 0.2) is 58.8 Å². The molecule has 0 bridgehead atoms. The summed E-state index contributed by atoms with van der Waals surface area (Å²) in [4.78, 5) is 39.8. The highest BCUT2D eigenvalue weighted by Crippen LogP contribution is 2.28. The minimum atomic E-state index is -0.543. The first kappa shape index (κ1) is 20.4. The average molecular weight is 437 g/mol. The maximum Gasteiger partial charge on any atom is 0.247 e. The number of nitrogens with zero attached hydrogens (tertiary/aromatic N) is 3. The summed E-state index contributed by atoms with van der Waals surface area (Å²) in [7, 11) is 0. The van der Waals surface area contributed by atoms with E-state index in [1.54, 1.807) is 35.7 Å². The van der Waals surface area contributed by atoms with Gasteiger partial charge in [0.05, 0.1) is 17.4 Å². The lowest BCUT2D eigenvalue weighted by Gasteiger charge is -2.08. The van der Waals surface area contributed by atoms with Gasteiger partial charge in [-0.1, -0.05) is 12.1 Å². The summed E-state index contributed by atoms with van der Waals surface area (Å²) < 4.78 is 15.8. The smallest absolute Gasteiger partial charge is 0.247 e. The number of benzene rings is 2. The Labute approximate surface area is 179 Å². The first-order valence-corrected chi connectivity index (χ1v) is 10.1. The monoisotopic (exact) mass is 437 g/mol. The van der Waals surface area contributed by atoms with Gasteiger partial charge in [-0.3, -0.25) is 19.1 Å². The first-order valence-electron chi connectivity index (χ1n) is 9.18. The standard InChI is InChI=1S/C21H16FN5O3S/c1-12(28)24-13-6-7-14(16(22)8-13)17-11-31-21(25-17)26-20(30)10-27-18-5-3-2-4-15(18)19(29)9-23-27/h2-9,11H,10H2,1H3,(H,24,28)(H,25,26,30). The lowest BCUT2D eigenvalue weighted by Crippen LogP contribution is -2.22. The topological polar surface area (TPSA) is 106 Å². The number of para-hydroxylation sites is 1. The second-order valence-corrected chi connectivity index (χ2v) is 7.50. The Morgan fingerprint density at radius 1 is 1.16 bits per heavy atom. The molecule has 2 amide bonds. The summed E-state index contributed by atoms with van der Waals surface area (Å²) in [5, 5.41) is 11.6. The predicted octanol–water partition coefficient (Wildman–Crippen LogP) is 3.26. The number of aromatic nitrogens is 3. The summed E-state index contributed by atoms with van der Waals surface area (Å²) in [6, 6.07) is 11.2. The van der Waals surface area contributed by atoms with E-state index in [1.165, 1.54) is 29.9 Å². The summed E-state index contributed by atoms with van der Waals surface area (Å²) in [5.74, 6) is -1.22. The van der Waals surface area contributed by atoms with Crippen LogP contribution in [0.3, 0.4) is 0 Å². The van der Waals surface area contributed by atoms with Crippen molar-refractivity contribution in [2.75, 3.05) is 10.6 Å². The Kier molecular flexibility index (Phi) is 5.54. The van der Waals surface area contributed by atoms with E-state index in [0.29, 0.717) is 27.4 Å². The number of hydrogen-bond donors (Lipinski definition) is 2. The molecule has 4 aromatic rings. The Balaban J connectivity index is 1.50. The summed E-state index contributed by atoms with van der Waals surface area (Å²) in [6.45, 7) is 1.22. The van der Waals surface area contributed by atoms with Crippen molar-refractivity contribution >= 4 is 44.9 Å². The molecule has 0 unspecified atom stereocenters. The van der Waals surface area contributed by atoms with Gasteiger partial charge >= 0.3 is 0 Å². The molecule has 0 atom stereocenters. The number of carbonyl (C=O) groups excluding carboxylic acids is 2. The highest BCUT2D eigenvalue weighted by atomic mass is 32.1. The molecule has 2 heterocycles. The van der Waals surface area contributed by atoms with Crippen molar-refractivity contribution in [3.8, 4) is 11.3 Å². The molecule has 0 radical (unpaired) electrons. The fourth-order valence-corrected chi connectivity index (χ4v) is 3.77. The molecule has 10 heteroatoms. The van der Waals surface area contributed by atoms with E-state index >= 15 is 0 Å². The quantitative estimate of drug-likeness (QED) is 0.499. The molecule has 4 rings (SSSR count). The number of rotatable bonds is 5. The van der Waals surface area contributed by atoms with E-state index in [9.17, 15) is 18.8 Å². The van der Waals surface area contributed by atoms with Crippen molar-refractivity contribution in [1.29, 1.82) is 0 Å². The van der Waals surface area contributed by atoms with E-state index < -0.39 is 5.82 Å². The van der Waals surface area contributed by atoms with Gasteiger partial charge in [0.25, 0.3) is 0 Å². The van der Waals surface area contributed by atoms with E-state index in [1.807, 2.05) is 0 Å². The molecule has 0 spiro atoms. The number of halogens is 1. The van der Waals surface area contributed by atoms with E-state index in [-0.39, 0.29) is 29.4 Å². The minimum absolute atomic E-state index is 0.116. The van der Waals surface area contributed by atoms with Crippen LogP contribution in [0.2, 0.25) is 0 Å². The zero-order valence-corrected chi connectivity index (χ0v) is 17.1. The van der Waals surface area contributed by atoms with E-state index in [2.05, 4.69) is 20.7 Å². The number of thiazole rings is 1. The van der Waals surface area contributed by atoms with Gasteiger partial charge < -0.3 is 10.6 Å². The fourth-order valence-electron chi connectivity index (χ4n) is 3.04. The molecule has 0 aliphatic heterocycles. The van der Waals surface area contributed by atoms with E-state index in [4.69, 9.17) is 0 Å². The molecular weight excluding hydrogens is 421 g/mol. The van der Waals surface area contributed by atoms with Crippen LogP contribution in [0.25, 0.3) is 22.2 Å². The molecule has 0 aliphatic carbocycles. The zero-order valence-electron chi connectivity index (χ0n) is 16.3. The molecular formula is C21H16FN5O3S. The number of carbonyl (C=O) groups is 2. The van der Waals surface area contributed by atoms with Crippen LogP contribution < -0.4 is 16.1 Å². The zero-order chi connectivity index (χ0) is 22.0. The largest absolute Gasteiger partial charge is 0.326 e. The molecule has 0 saturated heterocycles. The van der Waals surface area contributed by atoms with Gasteiger partial charge in [-0.25, -0.2) is 9.37 Å². The van der Waals surface area contributed by atoms with Crippen molar-refractivity contribution in [2.24, 2.45) is 0 Å². The third-order valence-electron chi connectivity index (χ3n) is 4.37. The Bertz CT molecular complexity index is 1360. The van der Waals surface area contributed by atoms with Crippen LogP contribution in [-0.4, -0.2) is 26.6 Å². The molecule has 31 heavy (non-hydrogen) atoms. The van der Waals surface area contributed by atoms with Crippen LogP contribution in [0, 0.1) is 5.82 Å². The number of amides is 2. The first-order chi connectivity index (χ1) is 14.9. The predicted molar refractivity (Wildman–Crippen MR) is 116 cm³/mol. The maximum atomic E-state index is 14.4. The van der Waals surface area contributed by atoms with Crippen molar-refractivity contribution in [2.45, 2.75) is 13.5 Å². The van der Waals surface area contributed by atoms with Crippen LogP contribution >= 0.6 is 11.3 Å². The summed E-state index contributed by atoms with van der Waals surface area (Å²) in [6.07, 6.45) is 1.17. The SMILES string of the molecule is CC(=O)Nc1ccc(-c2csc(NC(=O)Cn3ncc(=O)c4ccccc43)n2)c(F)c1. The third-order valence-corrected chi connectivity index (χ3v) is 5.13. The van der Waals surface area contributed by atoms with Crippen molar-refractivity contribution in [3.63, 3.8) is 0 Å². The summed E-state index contributed by atoms with van der Waals surface area (Å²) in [5.41, 5.74) is 1.28. The number of hydrogen-bond acceptors (Lipinski definition) is 6. The highest BCUT2D eigenvalue weighted by Gasteiger charge is 2.13. The van der Waals surface area contributed by atoms with Crippen LogP contribution in [-0.2, 0) is 16.1 Å². The van der Waals surface area contributed by atoms with Gasteiger partial charge in [0, 0.05) is 28.9 Å². The number of anilines is 2. The molecule has 2 aromatic heterocycles. The van der Waals surface area contributed by atoms with E-state index in [0.717, 1.165) is 11.3 Å².